The van der Waals surface area contributed by atoms with Crippen molar-refractivity contribution < 1.29 is 15.1 Å². The van der Waals surface area contributed by atoms with Gasteiger partial charge in [0.25, 0.3) is 0 Å². The summed E-state index contributed by atoms with van der Waals surface area (Å²) in [7, 11) is 0. The highest BCUT2D eigenvalue weighted by molar-refractivity contribution is 6.35. The van der Waals surface area contributed by atoms with Crippen LogP contribution in [0, 0.1) is 0 Å². The number of hydrogen-bond acceptors (Lipinski definition) is 3. The SMILES string of the molecule is CCC/C(=N\O)C(=O)O. The van der Waals surface area contributed by atoms with Gasteiger partial charge in [0.05, 0.1) is 0 Å². The molecule has 2 N–H and O–H groups in total. The fraction of sp³-hybridized carbons (Fsp3) is 0.600. The Labute approximate surface area is 52.8 Å². The molecule has 0 saturated carbocycles. The Morgan fingerprint density at radius 2 is 2.22 bits per heavy atom. The van der Waals surface area contributed by atoms with E-state index < -0.39 is 5.97 Å². The highest BCUT2D eigenvalue weighted by Gasteiger charge is 2.06. The van der Waals surface area contributed by atoms with E-state index in [4.69, 9.17) is 10.3 Å². The first-order chi connectivity index (χ1) is 4.22. The van der Waals surface area contributed by atoms with Crippen molar-refractivity contribution >= 4 is 11.7 Å². The average Bonchev–Trinajstić information content (AvgIpc) is 1.82. The van der Waals surface area contributed by atoms with E-state index in [2.05, 4.69) is 5.16 Å². The van der Waals surface area contributed by atoms with Gasteiger partial charge in [0.15, 0.2) is 5.71 Å². The van der Waals surface area contributed by atoms with E-state index in [9.17, 15) is 4.79 Å². The minimum absolute atomic E-state index is 0.183. The van der Waals surface area contributed by atoms with Gasteiger partial charge in [0.1, 0.15) is 0 Å². The lowest BCUT2D eigenvalue weighted by Gasteiger charge is -1.91. The number of oxime groups is 1. The van der Waals surface area contributed by atoms with E-state index in [1.165, 1.54) is 0 Å². The summed E-state index contributed by atoms with van der Waals surface area (Å²) < 4.78 is 0. The summed E-state index contributed by atoms with van der Waals surface area (Å²) in [6, 6.07) is 0. The third-order valence-corrected chi connectivity index (χ3v) is 0.854. The monoisotopic (exact) mass is 131 g/mol. The lowest BCUT2D eigenvalue weighted by Crippen LogP contribution is -2.11. The molecule has 0 spiro atoms. The second kappa shape index (κ2) is 3.88. The lowest BCUT2D eigenvalue weighted by molar-refractivity contribution is -0.129. The Bertz CT molecular complexity index is 130. The summed E-state index contributed by atoms with van der Waals surface area (Å²) in [6.07, 6.45) is 0.984. The fourth-order valence-electron chi connectivity index (χ4n) is 0.437. The third-order valence-electron chi connectivity index (χ3n) is 0.854. The summed E-state index contributed by atoms with van der Waals surface area (Å²) in [4.78, 5) is 10.0. The van der Waals surface area contributed by atoms with Gasteiger partial charge in [-0.3, -0.25) is 0 Å². The van der Waals surface area contributed by atoms with Gasteiger partial charge in [-0.05, 0) is 0 Å². The molecule has 52 valence electrons. The second-order valence-electron chi connectivity index (χ2n) is 1.60. The minimum Gasteiger partial charge on any atom is -0.477 e. The van der Waals surface area contributed by atoms with Crippen LogP contribution in [0.3, 0.4) is 0 Å². The molecule has 0 aliphatic carbocycles. The first-order valence-corrected chi connectivity index (χ1v) is 2.66. The summed E-state index contributed by atoms with van der Waals surface area (Å²) in [5.41, 5.74) is -0.183. The van der Waals surface area contributed by atoms with Crippen LogP contribution < -0.4 is 0 Å². The molecule has 0 fully saturated rings. The number of carboxylic acids is 1. The molecule has 0 aliphatic rings. The quantitative estimate of drug-likeness (QED) is 0.336. The molecule has 9 heavy (non-hydrogen) atoms. The Morgan fingerprint density at radius 3 is 2.33 bits per heavy atom. The van der Waals surface area contributed by atoms with Crippen molar-refractivity contribution in [1.82, 2.24) is 0 Å². The van der Waals surface area contributed by atoms with Gasteiger partial charge >= 0.3 is 5.97 Å². The van der Waals surface area contributed by atoms with Crippen LogP contribution >= 0.6 is 0 Å². The molecule has 0 amide bonds. The maximum absolute atomic E-state index is 10.0. The Hall–Kier alpha value is -1.06. The zero-order chi connectivity index (χ0) is 7.28. The highest BCUT2D eigenvalue weighted by Crippen LogP contribution is 1.90. The van der Waals surface area contributed by atoms with E-state index in [1.807, 2.05) is 6.92 Å². The van der Waals surface area contributed by atoms with Gasteiger partial charge in [-0.2, -0.15) is 0 Å². The predicted molar refractivity (Wildman–Crippen MR) is 31.8 cm³/mol. The third kappa shape index (κ3) is 2.69. The van der Waals surface area contributed by atoms with Crippen molar-refractivity contribution in [2.45, 2.75) is 19.8 Å². The average molecular weight is 131 g/mol. The Morgan fingerprint density at radius 1 is 1.67 bits per heavy atom. The standard InChI is InChI=1S/C5H9NO3/c1-2-3-4(6-9)5(7)8/h9H,2-3H2,1H3,(H,7,8)/b6-4+. The molecule has 4 nitrogen and oxygen atoms in total. The van der Waals surface area contributed by atoms with Gasteiger partial charge in [0.2, 0.25) is 0 Å². The largest absolute Gasteiger partial charge is 0.477 e. The molecule has 0 heterocycles. The van der Waals surface area contributed by atoms with Crippen LogP contribution in [0.2, 0.25) is 0 Å². The van der Waals surface area contributed by atoms with Crippen LogP contribution in [0.1, 0.15) is 19.8 Å². The smallest absolute Gasteiger partial charge is 0.353 e. The second-order valence-corrected chi connectivity index (χ2v) is 1.60. The summed E-state index contributed by atoms with van der Waals surface area (Å²) in [5.74, 6) is -1.15. The summed E-state index contributed by atoms with van der Waals surface area (Å²) in [6.45, 7) is 1.81. The van der Waals surface area contributed by atoms with E-state index in [-0.39, 0.29) is 5.71 Å². The summed E-state index contributed by atoms with van der Waals surface area (Å²) in [5, 5.41) is 18.8. The normalized spacial score (nSPS) is 11.4. The van der Waals surface area contributed by atoms with Crippen molar-refractivity contribution in [1.29, 1.82) is 0 Å². The molecular weight excluding hydrogens is 122 g/mol. The first kappa shape index (κ1) is 7.94. The van der Waals surface area contributed by atoms with Crippen molar-refractivity contribution in [3.05, 3.63) is 0 Å². The molecule has 0 atom stereocenters. The highest BCUT2D eigenvalue weighted by atomic mass is 16.4. The van der Waals surface area contributed by atoms with E-state index >= 15 is 0 Å². The van der Waals surface area contributed by atoms with Gasteiger partial charge in [-0.25, -0.2) is 4.79 Å². The molecule has 0 aromatic rings. The van der Waals surface area contributed by atoms with Crippen molar-refractivity contribution in [3.8, 4) is 0 Å². The van der Waals surface area contributed by atoms with Gasteiger partial charge in [-0.15, -0.1) is 0 Å². The maximum Gasteiger partial charge on any atom is 0.353 e. The van der Waals surface area contributed by atoms with Crippen LogP contribution in [0.5, 0.6) is 0 Å². The van der Waals surface area contributed by atoms with Gasteiger partial charge in [0, 0.05) is 6.42 Å². The van der Waals surface area contributed by atoms with E-state index in [1.54, 1.807) is 0 Å². The van der Waals surface area contributed by atoms with Crippen LogP contribution in [0.4, 0.5) is 0 Å². The molecule has 0 bridgehead atoms. The first-order valence-electron chi connectivity index (χ1n) is 2.66. The van der Waals surface area contributed by atoms with Crippen molar-refractivity contribution in [2.75, 3.05) is 0 Å². The molecule has 0 rings (SSSR count). The Kier molecular flexibility index (Phi) is 3.43. The number of rotatable bonds is 3. The lowest BCUT2D eigenvalue weighted by atomic mass is 10.2. The number of carbonyl (C=O) groups is 1. The molecule has 0 unspecified atom stereocenters. The van der Waals surface area contributed by atoms with Crippen molar-refractivity contribution in [2.24, 2.45) is 5.16 Å². The maximum atomic E-state index is 10.0. The molecule has 0 radical (unpaired) electrons. The van der Waals surface area contributed by atoms with Crippen molar-refractivity contribution in [3.63, 3.8) is 0 Å². The zero-order valence-corrected chi connectivity index (χ0v) is 5.16. The van der Waals surface area contributed by atoms with E-state index in [0.29, 0.717) is 12.8 Å². The number of nitrogens with zero attached hydrogens (tertiary/aromatic N) is 1. The van der Waals surface area contributed by atoms with Crippen LogP contribution in [0.15, 0.2) is 5.16 Å². The predicted octanol–water partition coefficient (Wildman–Crippen LogP) is 0.701. The van der Waals surface area contributed by atoms with Crippen LogP contribution in [-0.2, 0) is 4.79 Å². The Balaban J connectivity index is 3.85. The molecule has 0 saturated heterocycles. The number of hydrogen-bond donors (Lipinski definition) is 2. The van der Waals surface area contributed by atoms with E-state index in [0.717, 1.165) is 0 Å². The minimum atomic E-state index is -1.15. The zero-order valence-electron chi connectivity index (χ0n) is 5.16. The van der Waals surface area contributed by atoms with Gasteiger partial charge in [-0.1, -0.05) is 18.5 Å². The topological polar surface area (TPSA) is 69.9 Å². The van der Waals surface area contributed by atoms with Gasteiger partial charge < -0.3 is 10.3 Å². The number of aliphatic carboxylic acids is 1. The molecule has 0 aromatic carbocycles. The molecule has 4 heteroatoms. The molecular formula is C5H9NO3. The number of carboxylic acid groups (broad SMARTS) is 1. The van der Waals surface area contributed by atoms with Crippen LogP contribution in [-0.4, -0.2) is 22.0 Å². The molecule has 0 aromatic heterocycles. The fourth-order valence-corrected chi connectivity index (χ4v) is 0.437. The van der Waals surface area contributed by atoms with Crippen LogP contribution in [0.25, 0.3) is 0 Å². The summed E-state index contributed by atoms with van der Waals surface area (Å²) >= 11 is 0. The molecule has 0 aliphatic heterocycles.